The average Bonchev–Trinajstić information content (AvgIpc) is 2.68. The minimum Gasteiger partial charge on any atom is -0.356 e. The summed E-state index contributed by atoms with van der Waals surface area (Å²) < 4.78 is 0. The Kier molecular flexibility index (Phi) is 6.16. The van der Waals surface area contributed by atoms with E-state index in [1.807, 2.05) is 42.2 Å². The summed E-state index contributed by atoms with van der Waals surface area (Å²) in [6, 6.07) is 9.90. The van der Waals surface area contributed by atoms with Crippen molar-refractivity contribution in [2.45, 2.75) is 45.6 Å². The molecule has 1 saturated heterocycles. The molecule has 27 heavy (non-hydrogen) atoms. The Morgan fingerprint density at radius 3 is 2.70 bits per heavy atom. The molecule has 0 radical (unpaired) electrons. The summed E-state index contributed by atoms with van der Waals surface area (Å²) in [5.74, 6) is 0.578. The summed E-state index contributed by atoms with van der Waals surface area (Å²) >= 11 is 0. The van der Waals surface area contributed by atoms with E-state index in [0.29, 0.717) is 23.6 Å². The number of benzene rings is 1. The molecule has 2 heterocycles. The van der Waals surface area contributed by atoms with Crippen molar-refractivity contribution >= 4 is 11.8 Å². The second-order valence-electron chi connectivity index (χ2n) is 6.98. The predicted octanol–water partition coefficient (Wildman–Crippen LogP) is 2.97. The molecule has 1 N–H and O–H groups in total. The summed E-state index contributed by atoms with van der Waals surface area (Å²) in [5.41, 5.74) is 2.19. The highest BCUT2D eigenvalue weighted by atomic mass is 16.2. The Labute approximate surface area is 160 Å². The van der Waals surface area contributed by atoms with E-state index >= 15 is 0 Å². The van der Waals surface area contributed by atoms with Crippen LogP contribution >= 0.6 is 0 Å². The smallest absolute Gasteiger partial charge is 0.257 e. The zero-order chi connectivity index (χ0) is 19.2. The van der Waals surface area contributed by atoms with Gasteiger partial charge in [-0.1, -0.05) is 30.3 Å². The van der Waals surface area contributed by atoms with Gasteiger partial charge in [-0.05, 0) is 32.6 Å². The highest BCUT2D eigenvalue weighted by Gasteiger charge is 2.28. The van der Waals surface area contributed by atoms with E-state index in [0.717, 1.165) is 37.8 Å². The Balaban J connectivity index is 1.76. The number of aryl methyl sites for hydroxylation is 1. The maximum atomic E-state index is 13.1. The van der Waals surface area contributed by atoms with Gasteiger partial charge in [0.15, 0.2) is 5.82 Å². The van der Waals surface area contributed by atoms with Gasteiger partial charge in [0.25, 0.3) is 5.91 Å². The van der Waals surface area contributed by atoms with Crippen LogP contribution in [0.3, 0.4) is 0 Å². The van der Waals surface area contributed by atoms with E-state index < -0.39 is 0 Å². The number of likely N-dealkylation sites (tertiary alicyclic amines) is 1. The molecule has 1 aromatic heterocycles. The van der Waals surface area contributed by atoms with Crippen molar-refractivity contribution in [3.8, 4) is 11.4 Å². The van der Waals surface area contributed by atoms with Gasteiger partial charge < -0.3 is 10.2 Å². The van der Waals surface area contributed by atoms with Crippen molar-refractivity contribution in [1.29, 1.82) is 0 Å². The molecule has 0 saturated carbocycles. The molecule has 1 atom stereocenters. The van der Waals surface area contributed by atoms with Crippen molar-refractivity contribution in [1.82, 2.24) is 20.2 Å². The monoisotopic (exact) mass is 366 g/mol. The number of carbonyl (C=O) groups excluding carboxylic acids is 2. The second kappa shape index (κ2) is 8.75. The van der Waals surface area contributed by atoms with E-state index in [1.54, 1.807) is 6.20 Å². The minimum atomic E-state index is -0.0376. The molecule has 0 aliphatic carbocycles. The second-order valence-corrected chi connectivity index (χ2v) is 6.98. The molecule has 0 spiro atoms. The van der Waals surface area contributed by atoms with E-state index in [-0.39, 0.29) is 17.9 Å². The van der Waals surface area contributed by atoms with Crippen molar-refractivity contribution in [2.24, 2.45) is 0 Å². The van der Waals surface area contributed by atoms with E-state index in [2.05, 4.69) is 15.3 Å². The summed E-state index contributed by atoms with van der Waals surface area (Å²) in [6.07, 6.45) is 5.49. The highest BCUT2D eigenvalue weighted by Crippen LogP contribution is 2.23. The quantitative estimate of drug-likeness (QED) is 0.883. The van der Waals surface area contributed by atoms with Gasteiger partial charge in [0.1, 0.15) is 0 Å². The fourth-order valence-electron chi connectivity index (χ4n) is 3.54. The first-order valence-corrected chi connectivity index (χ1v) is 9.50. The van der Waals surface area contributed by atoms with Crippen molar-refractivity contribution < 1.29 is 9.59 Å². The summed E-state index contributed by atoms with van der Waals surface area (Å²) in [7, 11) is 0. The van der Waals surface area contributed by atoms with E-state index in [1.165, 1.54) is 6.92 Å². The molecule has 0 bridgehead atoms. The molecule has 142 valence electrons. The molecule has 6 heteroatoms. The number of nitrogens with one attached hydrogen (secondary N) is 1. The first-order valence-electron chi connectivity index (χ1n) is 9.50. The third-order valence-electron chi connectivity index (χ3n) is 4.98. The van der Waals surface area contributed by atoms with Crippen LogP contribution in [-0.2, 0) is 4.79 Å². The number of hydrogen-bond acceptors (Lipinski definition) is 4. The van der Waals surface area contributed by atoms with Gasteiger partial charge in [0.05, 0.1) is 11.3 Å². The molecule has 1 fully saturated rings. The third kappa shape index (κ3) is 4.70. The number of carbonyl (C=O) groups is 2. The SMILES string of the molecule is CC(=O)NCCC1CCCCN1C(=O)c1cnc(-c2ccccc2)nc1C. The predicted molar refractivity (Wildman–Crippen MR) is 104 cm³/mol. The molecule has 1 aliphatic rings. The molecule has 1 aliphatic heterocycles. The summed E-state index contributed by atoms with van der Waals surface area (Å²) in [6.45, 7) is 4.70. The first kappa shape index (κ1) is 19.0. The molecule has 2 amide bonds. The van der Waals surface area contributed by atoms with Crippen LogP contribution in [0.4, 0.5) is 0 Å². The Bertz CT molecular complexity index is 807. The fraction of sp³-hybridized carbons (Fsp3) is 0.429. The Morgan fingerprint density at radius 1 is 1.22 bits per heavy atom. The van der Waals surface area contributed by atoms with Gasteiger partial charge in [0, 0.05) is 37.8 Å². The highest BCUT2D eigenvalue weighted by molar-refractivity contribution is 5.95. The van der Waals surface area contributed by atoms with Gasteiger partial charge in [-0.25, -0.2) is 9.97 Å². The van der Waals surface area contributed by atoms with Gasteiger partial charge in [-0.15, -0.1) is 0 Å². The minimum absolute atomic E-state index is 0.0142. The fourth-order valence-corrected chi connectivity index (χ4v) is 3.54. The van der Waals surface area contributed by atoms with Crippen LogP contribution in [0.1, 0.15) is 48.7 Å². The van der Waals surface area contributed by atoms with E-state index in [4.69, 9.17) is 0 Å². The number of rotatable bonds is 5. The van der Waals surface area contributed by atoms with Crippen molar-refractivity contribution in [3.63, 3.8) is 0 Å². The largest absolute Gasteiger partial charge is 0.356 e. The number of amides is 2. The van der Waals surface area contributed by atoms with Crippen molar-refractivity contribution in [2.75, 3.05) is 13.1 Å². The van der Waals surface area contributed by atoms with Gasteiger partial charge >= 0.3 is 0 Å². The first-order chi connectivity index (χ1) is 13.1. The van der Waals surface area contributed by atoms with Gasteiger partial charge in [-0.2, -0.15) is 0 Å². The standard InChI is InChI=1S/C21H26N4O2/c1-15-19(14-23-20(24-15)17-8-4-3-5-9-17)21(27)25-13-7-6-10-18(25)11-12-22-16(2)26/h3-5,8-9,14,18H,6-7,10-13H2,1-2H3,(H,22,26). The summed E-state index contributed by atoms with van der Waals surface area (Å²) in [5, 5.41) is 2.83. The lowest BCUT2D eigenvalue weighted by atomic mass is 9.98. The number of hydrogen-bond donors (Lipinski definition) is 1. The maximum Gasteiger partial charge on any atom is 0.257 e. The number of piperidine rings is 1. The van der Waals surface area contributed by atoms with Crippen LogP contribution in [0.15, 0.2) is 36.5 Å². The van der Waals surface area contributed by atoms with Crippen LogP contribution in [0.5, 0.6) is 0 Å². The zero-order valence-corrected chi connectivity index (χ0v) is 15.9. The lowest BCUT2D eigenvalue weighted by Gasteiger charge is -2.36. The van der Waals surface area contributed by atoms with Crippen LogP contribution in [0.25, 0.3) is 11.4 Å². The van der Waals surface area contributed by atoms with Gasteiger partial charge in [0.2, 0.25) is 5.91 Å². The van der Waals surface area contributed by atoms with Gasteiger partial charge in [-0.3, -0.25) is 9.59 Å². The number of aromatic nitrogens is 2. The Morgan fingerprint density at radius 2 is 2.00 bits per heavy atom. The van der Waals surface area contributed by atoms with Crippen LogP contribution in [-0.4, -0.2) is 45.8 Å². The molecular formula is C21H26N4O2. The molecule has 1 unspecified atom stereocenters. The van der Waals surface area contributed by atoms with Crippen LogP contribution in [0.2, 0.25) is 0 Å². The molecule has 1 aromatic carbocycles. The molecule has 3 rings (SSSR count). The third-order valence-corrected chi connectivity index (χ3v) is 4.98. The zero-order valence-electron chi connectivity index (χ0n) is 15.9. The molecular weight excluding hydrogens is 340 g/mol. The lowest BCUT2D eigenvalue weighted by molar-refractivity contribution is -0.119. The average molecular weight is 366 g/mol. The molecule has 6 nitrogen and oxygen atoms in total. The van der Waals surface area contributed by atoms with E-state index in [9.17, 15) is 9.59 Å². The topological polar surface area (TPSA) is 75.2 Å². The maximum absolute atomic E-state index is 13.1. The van der Waals surface area contributed by atoms with Crippen molar-refractivity contribution in [3.05, 3.63) is 47.8 Å². The number of nitrogens with zero attached hydrogens (tertiary/aromatic N) is 3. The van der Waals surface area contributed by atoms with Crippen LogP contribution < -0.4 is 5.32 Å². The Hall–Kier alpha value is -2.76. The normalized spacial score (nSPS) is 16.8. The lowest BCUT2D eigenvalue weighted by Crippen LogP contribution is -2.45. The van der Waals surface area contributed by atoms with Crippen LogP contribution in [0, 0.1) is 6.92 Å². The molecule has 2 aromatic rings. The summed E-state index contributed by atoms with van der Waals surface area (Å²) in [4.78, 5) is 35.1.